The summed E-state index contributed by atoms with van der Waals surface area (Å²) in [5.41, 5.74) is 0.589. The highest BCUT2D eigenvalue weighted by Crippen LogP contribution is 2.10. The van der Waals surface area contributed by atoms with Gasteiger partial charge in [-0.2, -0.15) is 0 Å². The summed E-state index contributed by atoms with van der Waals surface area (Å²) in [6, 6.07) is 12.6. The first-order valence-corrected chi connectivity index (χ1v) is 6.56. The van der Waals surface area contributed by atoms with Gasteiger partial charge in [-0.05, 0) is 24.3 Å². The third kappa shape index (κ3) is 5.12. The highest BCUT2D eigenvalue weighted by atomic mass is 16.5. The quantitative estimate of drug-likeness (QED) is 0.719. The lowest BCUT2D eigenvalue weighted by Crippen LogP contribution is -2.20. The Morgan fingerprint density at radius 2 is 2.00 bits per heavy atom. The van der Waals surface area contributed by atoms with Crippen molar-refractivity contribution in [3.63, 3.8) is 0 Å². The van der Waals surface area contributed by atoms with Crippen LogP contribution in [0.5, 0.6) is 5.75 Å². The molecule has 2 aromatic rings. The molecule has 0 saturated heterocycles. The molecular formula is C15H17N3O3. The molecule has 1 aromatic carbocycles. The average Bonchev–Trinajstić information content (AvgIpc) is 2.53. The fraction of sp³-hybridized carbons (Fsp3) is 0.200. The monoisotopic (exact) mass is 287 g/mol. The molecule has 3 N–H and O–H groups in total. The molecule has 0 bridgehead atoms. The van der Waals surface area contributed by atoms with Gasteiger partial charge in [0.2, 0.25) is 0 Å². The number of para-hydroxylation sites is 1. The molecule has 0 aliphatic heterocycles. The molecule has 6 heteroatoms. The van der Waals surface area contributed by atoms with Gasteiger partial charge >= 0.3 is 0 Å². The number of nitrogens with one attached hydrogen (secondary N) is 2. The summed E-state index contributed by atoms with van der Waals surface area (Å²) in [6.07, 6.45) is 1.54. The van der Waals surface area contributed by atoms with E-state index < -0.39 is 0 Å². The van der Waals surface area contributed by atoms with Crippen LogP contribution in [0.3, 0.4) is 0 Å². The first-order valence-electron chi connectivity index (χ1n) is 6.56. The Balaban J connectivity index is 1.79. The normalized spacial score (nSPS) is 9.95. The van der Waals surface area contributed by atoms with Crippen molar-refractivity contribution in [2.24, 2.45) is 0 Å². The highest BCUT2D eigenvalue weighted by molar-refractivity contribution is 5.91. The van der Waals surface area contributed by atoms with Gasteiger partial charge in [-0.3, -0.25) is 4.79 Å². The maximum atomic E-state index is 11.7. The molecule has 2 rings (SSSR count). The van der Waals surface area contributed by atoms with Gasteiger partial charge < -0.3 is 20.5 Å². The Kier molecular flexibility index (Phi) is 5.54. The topological polar surface area (TPSA) is 83.5 Å². The summed E-state index contributed by atoms with van der Waals surface area (Å²) in [5, 5.41) is 14.3. The van der Waals surface area contributed by atoms with E-state index in [4.69, 9.17) is 9.84 Å². The zero-order chi connectivity index (χ0) is 14.9. The molecule has 1 heterocycles. The maximum absolute atomic E-state index is 11.7. The van der Waals surface area contributed by atoms with Crippen LogP contribution in [0.1, 0.15) is 0 Å². The van der Waals surface area contributed by atoms with E-state index in [1.54, 1.807) is 30.5 Å². The first kappa shape index (κ1) is 14.8. The van der Waals surface area contributed by atoms with E-state index in [-0.39, 0.29) is 19.1 Å². The van der Waals surface area contributed by atoms with Crippen LogP contribution in [-0.2, 0) is 4.79 Å². The van der Waals surface area contributed by atoms with Crippen molar-refractivity contribution in [1.82, 2.24) is 4.98 Å². The maximum Gasteiger partial charge on any atom is 0.262 e. The SMILES string of the molecule is O=C(COc1ccccc1)Nc1ccc(NCCO)nc1. The minimum atomic E-state index is -0.253. The summed E-state index contributed by atoms with van der Waals surface area (Å²) in [4.78, 5) is 15.8. The fourth-order valence-electron chi connectivity index (χ4n) is 1.62. The fourth-order valence-corrected chi connectivity index (χ4v) is 1.62. The summed E-state index contributed by atoms with van der Waals surface area (Å²) in [5.74, 6) is 1.04. The van der Waals surface area contributed by atoms with Crippen molar-refractivity contribution in [2.45, 2.75) is 0 Å². The van der Waals surface area contributed by atoms with Gasteiger partial charge in [-0.1, -0.05) is 18.2 Å². The van der Waals surface area contributed by atoms with Gasteiger partial charge in [0.15, 0.2) is 6.61 Å². The number of aliphatic hydroxyl groups excluding tert-OH is 1. The van der Waals surface area contributed by atoms with Gasteiger partial charge in [0, 0.05) is 6.54 Å². The number of amides is 1. The Hall–Kier alpha value is -2.60. The van der Waals surface area contributed by atoms with E-state index in [0.717, 1.165) is 0 Å². The Labute approximate surface area is 122 Å². The predicted octanol–water partition coefficient (Wildman–Crippen LogP) is 1.50. The van der Waals surface area contributed by atoms with E-state index in [1.807, 2.05) is 18.2 Å². The van der Waals surface area contributed by atoms with E-state index >= 15 is 0 Å². The van der Waals surface area contributed by atoms with Crippen LogP contribution in [0.15, 0.2) is 48.7 Å². The molecule has 6 nitrogen and oxygen atoms in total. The molecular weight excluding hydrogens is 270 g/mol. The smallest absolute Gasteiger partial charge is 0.262 e. The van der Waals surface area contributed by atoms with E-state index in [1.165, 1.54) is 0 Å². The van der Waals surface area contributed by atoms with Gasteiger partial charge in [0.25, 0.3) is 5.91 Å². The Morgan fingerprint density at radius 3 is 2.67 bits per heavy atom. The molecule has 21 heavy (non-hydrogen) atoms. The van der Waals surface area contributed by atoms with E-state index in [2.05, 4.69) is 15.6 Å². The molecule has 1 amide bonds. The number of rotatable bonds is 7. The number of aliphatic hydroxyl groups is 1. The van der Waals surface area contributed by atoms with Gasteiger partial charge in [0.1, 0.15) is 11.6 Å². The molecule has 0 spiro atoms. The zero-order valence-electron chi connectivity index (χ0n) is 11.5. The Bertz CT molecular complexity index is 558. The number of hydrogen-bond acceptors (Lipinski definition) is 5. The number of carbonyl (C=O) groups is 1. The molecule has 1 aromatic heterocycles. The molecule has 0 unspecified atom stereocenters. The lowest BCUT2D eigenvalue weighted by atomic mass is 10.3. The highest BCUT2D eigenvalue weighted by Gasteiger charge is 2.04. The lowest BCUT2D eigenvalue weighted by Gasteiger charge is -2.08. The van der Waals surface area contributed by atoms with Crippen LogP contribution in [0.4, 0.5) is 11.5 Å². The number of benzene rings is 1. The zero-order valence-corrected chi connectivity index (χ0v) is 11.5. The van der Waals surface area contributed by atoms with E-state index in [9.17, 15) is 4.79 Å². The van der Waals surface area contributed by atoms with Gasteiger partial charge in [0.05, 0.1) is 18.5 Å². The molecule has 0 aliphatic rings. The van der Waals surface area contributed by atoms with Crippen molar-refractivity contribution in [3.05, 3.63) is 48.7 Å². The molecule has 0 radical (unpaired) electrons. The van der Waals surface area contributed by atoms with Crippen molar-refractivity contribution >= 4 is 17.4 Å². The summed E-state index contributed by atoms with van der Waals surface area (Å²) < 4.78 is 5.34. The van der Waals surface area contributed by atoms with Crippen LogP contribution >= 0.6 is 0 Å². The van der Waals surface area contributed by atoms with E-state index in [0.29, 0.717) is 23.8 Å². The van der Waals surface area contributed by atoms with Crippen molar-refractivity contribution in [3.8, 4) is 5.75 Å². The number of nitrogens with zero attached hydrogens (tertiary/aromatic N) is 1. The van der Waals surface area contributed by atoms with Crippen LogP contribution in [-0.4, -0.2) is 35.8 Å². The summed E-state index contributed by atoms with van der Waals surface area (Å²) >= 11 is 0. The lowest BCUT2D eigenvalue weighted by molar-refractivity contribution is -0.118. The second-order valence-corrected chi connectivity index (χ2v) is 4.23. The number of anilines is 2. The predicted molar refractivity (Wildman–Crippen MR) is 80.4 cm³/mol. The minimum absolute atomic E-state index is 0.0387. The second kappa shape index (κ2) is 7.86. The van der Waals surface area contributed by atoms with Gasteiger partial charge in [-0.15, -0.1) is 0 Å². The number of carbonyl (C=O) groups excluding carboxylic acids is 1. The van der Waals surface area contributed by atoms with Crippen molar-refractivity contribution in [1.29, 1.82) is 0 Å². The molecule has 110 valence electrons. The number of aromatic nitrogens is 1. The van der Waals surface area contributed by atoms with Crippen LogP contribution in [0.2, 0.25) is 0 Å². The van der Waals surface area contributed by atoms with Crippen LogP contribution in [0, 0.1) is 0 Å². The standard InChI is InChI=1S/C15H17N3O3/c19-9-8-16-14-7-6-12(10-17-14)18-15(20)11-21-13-4-2-1-3-5-13/h1-7,10,19H,8-9,11H2,(H,16,17)(H,18,20). The van der Waals surface area contributed by atoms with Crippen molar-refractivity contribution in [2.75, 3.05) is 30.4 Å². The van der Waals surface area contributed by atoms with Crippen LogP contribution < -0.4 is 15.4 Å². The molecule has 0 aliphatic carbocycles. The van der Waals surface area contributed by atoms with Crippen LogP contribution in [0.25, 0.3) is 0 Å². The van der Waals surface area contributed by atoms with Crippen molar-refractivity contribution < 1.29 is 14.6 Å². The second-order valence-electron chi connectivity index (χ2n) is 4.23. The largest absolute Gasteiger partial charge is 0.484 e. The molecule has 0 fully saturated rings. The summed E-state index contributed by atoms with van der Waals surface area (Å²) in [6.45, 7) is 0.412. The number of pyridine rings is 1. The Morgan fingerprint density at radius 1 is 1.19 bits per heavy atom. The minimum Gasteiger partial charge on any atom is -0.484 e. The molecule has 0 atom stereocenters. The summed E-state index contributed by atoms with van der Waals surface area (Å²) in [7, 11) is 0. The van der Waals surface area contributed by atoms with Gasteiger partial charge in [-0.25, -0.2) is 4.98 Å². The average molecular weight is 287 g/mol. The molecule has 0 saturated carbocycles. The number of hydrogen-bond donors (Lipinski definition) is 3. The third-order valence-electron chi connectivity index (χ3n) is 2.58. The first-order chi connectivity index (χ1) is 10.3. The number of ether oxygens (including phenoxy) is 1. The third-order valence-corrected chi connectivity index (χ3v) is 2.58.